The van der Waals surface area contributed by atoms with Crippen molar-refractivity contribution in [2.45, 2.75) is 51.5 Å². The number of ether oxygens (including phenoxy) is 1. The first-order chi connectivity index (χ1) is 9.85. The zero-order valence-corrected chi connectivity index (χ0v) is 12.7. The number of aryl methyl sites for hydroxylation is 1. The van der Waals surface area contributed by atoms with Gasteiger partial charge < -0.3 is 10.1 Å². The van der Waals surface area contributed by atoms with Gasteiger partial charge in [-0.25, -0.2) is 0 Å². The van der Waals surface area contributed by atoms with Gasteiger partial charge in [-0.3, -0.25) is 0 Å². The quantitative estimate of drug-likeness (QED) is 0.531. The molecule has 0 saturated heterocycles. The molecular weight excluding hydrogens is 246 g/mol. The minimum Gasteiger partial charge on any atom is -0.494 e. The monoisotopic (exact) mass is 273 g/mol. The maximum atomic E-state index is 5.86. The van der Waals surface area contributed by atoms with Gasteiger partial charge in [0.2, 0.25) is 0 Å². The highest BCUT2D eigenvalue weighted by atomic mass is 16.5. The van der Waals surface area contributed by atoms with E-state index in [2.05, 4.69) is 37.0 Å². The van der Waals surface area contributed by atoms with Crippen LogP contribution in [0.15, 0.2) is 30.9 Å². The maximum Gasteiger partial charge on any atom is 0.119 e. The van der Waals surface area contributed by atoms with Gasteiger partial charge in [0.25, 0.3) is 0 Å². The summed E-state index contributed by atoms with van der Waals surface area (Å²) in [5, 5.41) is 3.54. The Morgan fingerprint density at radius 2 is 2.25 bits per heavy atom. The molecule has 1 aliphatic rings. The molecule has 0 bridgehead atoms. The third kappa shape index (κ3) is 4.11. The minimum atomic E-state index is 0.544. The first kappa shape index (κ1) is 15.1. The molecule has 110 valence electrons. The highest BCUT2D eigenvalue weighted by Crippen LogP contribution is 2.33. The van der Waals surface area contributed by atoms with Crippen molar-refractivity contribution in [3.63, 3.8) is 0 Å². The highest BCUT2D eigenvalue weighted by Gasteiger charge is 2.21. The van der Waals surface area contributed by atoms with Crippen molar-refractivity contribution in [3.05, 3.63) is 42.0 Å². The molecular formula is C18H27NO. The molecule has 0 heterocycles. The van der Waals surface area contributed by atoms with Gasteiger partial charge in [-0.1, -0.05) is 19.1 Å². The molecule has 0 amide bonds. The van der Waals surface area contributed by atoms with Gasteiger partial charge in [0, 0.05) is 6.04 Å². The predicted octanol–water partition coefficient (Wildman–Crippen LogP) is 4.41. The largest absolute Gasteiger partial charge is 0.494 e. The van der Waals surface area contributed by atoms with E-state index < -0.39 is 0 Å². The van der Waals surface area contributed by atoms with Crippen molar-refractivity contribution in [1.82, 2.24) is 5.32 Å². The summed E-state index contributed by atoms with van der Waals surface area (Å²) in [6.45, 7) is 7.77. The Balaban J connectivity index is 1.78. The third-order valence-corrected chi connectivity index (χ3v) is 3.96. The van der Waals surface area contributed by atoms with Crippen LogP contribution in [0.3, 0.4) is 0 Å². The van der Waals surface area contributed by atoms with Crippen LogP contribution in [0, 0.1) is 0 Å². The summed E-state index contributed by atoms with van der Waals surface area (Å²) >= 11 is 0. The van der Waals surface area contributed by atoms with Crippen molar-refractivity contribution in [1.29, 1.82) is 0 Å². The Bertz CT molecular complexity index is 427. The van der Waals surface area contributed by atoms with Crippen molar-refractivity contribution in [2.24, 2.45) is 0 Å². The molecule has 1 aromatic carbocycles. The van der Waals surface area contributed by atoms with E-state index in [4.69, 9.17) is 4.74 Å². The Morgan fingerprint density at radius 1 is 1.35 bits per heavy atom. The number of unbranched alkanes of at least 4 members (excludes halogenated alkanes) is 3. The normalized spacial score (nSPS) is 16.9. The van der Waals surface area contributed by atoms with E-state index >= 15 is 0 Å². The molecule has 20 heavy (non-hydrogen) atoms. The van der Waals surface area contributed by atoms with E-state index in [0.717, 1.165) is 31.7 Å². The molecule has 0 saturated carbocycles. The summed E-state index contributed by atoms with van der Waals surface area (Å²) in [7, 11) is 0. The van der Waals surface area contributed by atoms with E-state index in [0.29, 0.717) is 6.04 Å². The second-order valence-corrected chi connectivity index (χ2v) is 5.50. The van der Waals surface area contributed by atoms with Crippen LogP contribution in [0.4, 0.5) is 0 Å². The highest BCUT2D eigenvalue weighted by molar-refractivity contribution is 5.40. The molecule has 1 aliphatic carbocycles. The minimum absolute atomic E-state index is 0.544. The van der Waals surface area contributed by atoms with Crippen LogP contribution >= 0.6 is 0 Å². The average molecular weight is 273 g/mol. The summed E-state index contributed by atoms with van der Waals surface area (Å²) in [4.78, 5) is 0. The number of fused-ring (bicyclic) bond motifs is 1. The second-order valence-electron chi connectivity index (χ2n) is 5.50. The van der Waals surface area contributed by atoms with Gasteiger partial charge in [0.05, 0.1) is 6.61 Å². The SMILES string of the molecule is C=CCCCCCOc1ccc2c(c1)CCC2NCC. The van der Waals surface area contributed by atoms with Crippen LogP contribution in [-0.2, 0) is 6.42 Å². The van der Waals surface area contributed by atoms with Crippen LogP contribution in [0.2, 0.25) is 0 Å². The molecule has 2 nitrogen and oxygen atoms in total. The molecule has 1 atom stereocenters. The van der Waals surface area contributed by atoms with E-state index in [1.54, 1.807) is 0 Å². The molecule has 1 aromatic rings. The molecule has 0 aliphatic heterocycles. The van der Waals surface area contributed by atoms with E-state index in [-0.39, 0.29) is 0 Å². The number of hydrogen-bond donors (Lipinski definition) is 1. The van der Waals surface area contributed by atoms with Crippen LogP contribution in [-0.4, -0.2) is 13.2 Å². The predicted molar refractivity (Wildman–Crippen MR) is 85.3 cm³/mol. The summed E-state index contributed by atoms with van der Waals surface area (Å²) in [5.41, 5.74) is 2.92. The number of rotatable bonds is 9. The second kappa shape index (κ2) is 8.11. The van der Waals surface area contributed by atoms with Crippen molar-refractivity contribution in [2.75, 3.05) is 13.2 Å². The van der Waals surface area contributed by atoms with Crippen molar-refractivity contribution >= 4 is 0 Å². The number of nitrogens with one attached hydrogen (secondary N) is 1. The summed E-state index contributed by atoms with van der Waals surface area (Å²) < 4.78 is 5.86. The van der Waals surface area contributed by atoms with Gasteiger partial charge in [0.15, 0.2) is 0 Å². The maximum absolute atomic E-state index is 5.86. The van der Waals surface area contributed by atoms with Gasteiger partial charge in [-0.05, 0) is 68.3 Å². The summed E-state index contributed by atoms with van der Waals surface area (Å²) in [5.74, 6) is 1.03. The molecule has 0 aromatic heterocycles. The molecule has 0 spiro atoms. The number of allylic oxidation sites excluding steroid dienone is 1. The van der Waals surface area contributed by atoms with Crippen LogP contribution in [0.1, 0.15) is 56.2 Å². The van der Waals surface area contributed by atoms with Gasteiger partial charge in [-0.2, -0.15) is 0 Å². The Kier molecular flexibility index (Phi) is 6.13. The molecule has 2 rings (SSSR count). The Hall–Kier alpha value is -1.28. The fourth-order valence-corrected chi connectivity index (χ4v) is 2.90. The van der Waals surface area contributed by atoms with E-state index in [1.807, 2.05) is 6.08 Å². The summed E-state index contributed by atoms with van der Waals surface area (Å²) in [6, 6.07) is 7.14. The van der Waals surface area contributed by atoms with E-state index in [9.17, 15) is 0 Å². The zero-order valence-electron chi connectivity index (χ0n) is 12.7. The van der Waals surface area contributed by atoms with Crippen LogP contribution in [0.5, 0.6) is 5.75 Å². The molecule has 0 radical (unpaired) electrons. The first-order valence-electron chi connectivity index (χ1n) is 7.95. The number of hydrogen-bond acceptors (Lipinski definition) is 2. The molecule has 1 N–H and O–H groups in total. The van der Waals surface area contributed by atoms with Gasteiger partial charge in [0.1, 0.15) is 5.75 Å². The molecule has 2 heteroatoms. The van der Waals surface area contributed by atoms with Gasteiger partial charge >= 0.3 is 0 Å². The molecule has 0 fully saturated rings. The van der Waals surface area contributed by atoms with Crippen LogP contribution < -0.4 is 10.1 Å². The lowest BCUT2D eigenvalue weighted by Gasteiger charge is -2.13. The van der Waals surface area contributed by atoms with Crippen molar-refractivity contribution in [3.8, 4) is 5.75 Å². The Labute approximate surface area is 123 Å². The Morgan fingerprint density at radius 3 is 3.05 bits per heavy atom. The summed E-state index contributed by atoms with van der Waals surface area (Å²) in [6.07, 6.45) is 9.07. The lowest BCUT2D eigenvalue weighted by atomic mass is 10.1. The topological polar surface area (TPSA) is 21.3 Å². The first-order valence-corrected chi connectivity index (χ1v) is 7.95. The lowest BCUT2D eigenvalue weighted by Crippen LogP contribution is -2.18. The zero-order chi connectivity index (χ0) is 14.2. The average Bonchev–Trinajstić information content (AvgIpc) is 2.86. The fourth-order valence-electron chi connectivity index (χ4n) is 2.90. The fraction of sp³-hybridized carbons (Fsp3) is 0.556. The standard InChI is InChI=1S/C18H27NO/c1-3-5-6-7-8-13-20-16-10-11-17-15(14-16)9-12-18(17)19-4-2/h3,10-11,14,18-19H,1,4-9,12-13H2,2H3. The lowest BCUT2D eigenvalue weighted by molar-refractivity contribution is 0.305. The number of benzene rings is 1. The van der Waals surface area contributed by atoms with E-state index in [1.165, 1.54) is 36.8 Å². The van der Waals surface area contributed by atoms with Crippen molar-refractivity contribution < 1.29 is 4.74 Å². The van der Waals surface area contributed by atoms with Crippen LogP contribution in [0.25, 0.3) is 0 Å². The third-order valence-electron chi connectivity index (χ3n) is 3.96. The van der Waals surface area contributed by atoms with Gasteiger partial charge in [-0.15, -0.1) is 6.58 Å². The smallest absolute Gasteiger partial charge is 0.119 e. The molecule has 1 unspecified atom stereocenters.